The van der Waals surface area contributed by atoms with E-state index in [2.05, 4.69) is 6.92 Å². The highest BCUT2D eigenvalue weighted by atomic mass is 16.5. The number of hydrogen-bond donors (Lipinski definition) is 0. The summed E-state index contributed by atoms with van der Waals surface area (Å²) in [5.41, 5.74) is 1.47. The van der Waals surface area contributed by atoms with Gasteiger partial charge < -0.3 is 18.9 Å². The lowest BCUT2D eigenvalue weighted by Crippen LogP contribution is -2.45. The Labute approximate surface area is 154 Å². The summed E-state index contributed by atoms with van der Waals surface area (Å²) in [6.45, 7) is 3.44. The van der Waals surface area contributed by atoms with Crippen LogP contribution in [0.25, 0.3) is 5.57 Å². The minimum Gasteiger partial charge on any atom is -0.496 e. The van der Waals surface area contributed by atoms with Crippen molar-refractivity contribution < 1.29 is 23.7 Å². The molecule has 1 aliphatic carbocycles. The van der Waals surface area contributed by atoms with Gasteiger partial charge in [-0.25, -0.2) is 0 Å². The van der Waals surface area contributed by atoms with Crippen LogP contribution in [0.4, 0.5) is 0 Å². The van der Waals surface area contributed by atoms with E-state index in [1.165, 1.54) is 0 Å². The average Bonchev–Trinajstić information content (AvgIpc) is 2.92. The standard InChI is InChI=1S/C21H26O5/c1-3-13-9-15-19(11-18(13)23-2)26-12-16(21(15)22)14-5-6-17-20(10-14)25-8-4-7-24-17/h5-6,10,12-13,15,18-19H,3-4,7-9,11H2,1-2H3. The van der Waals surface area contributed by atoms with Crippen molar-refractivity contribution >= 4 is 11.4 Å². The molecule has 0 aromatic heterocycles. The number of rotatable bonds is 3. The lowest BCUT2D eigenvalue weighted by molar-refractivity contribution is -0.130. The molecule has 0 amide bonds. The molecule has 4 rings (SSSR count). The lowest BCUT2D eigenvalue weighted by atomic mass is 9.72. The molecule has 5 heteroatoms. The van der Waals surface area contributed by atoms with Gasteiger partial charge in [-0.2, -0.15) is 0 Å². The molecule has 0 bridgehead atoms. The number of ketones is 1. The number of hydrogen-bond acceptors (Lipinski definition) is 5. The molecule has 1 aromatic rings. The van der Waals surface area contributed by atoms with E-state index in [-0.39, 0.29) is 23.9 Å². The van der Waals surface area contributed by atoms with Gasteiger partial charge in [-0.1, -0.05) is 19.4 Å². The van der Waals surface area contributed by atoms with Crippen molar-refractivity contribution in [3.8, 4) is 11.5 Å². The maximum atomic E-state index is 13.2. The molecule has 0 radical (unpaired) electrons. The molecule has 5 nitrogen and oxygen atoms in total. The molecule has 1 fully saturated rings. The molecule has 1 aromatic carbocycles. The van der Waals surface area contributed by atoms with E-state index in [9.17, 15) is 4.79 Å². The third-order valence-electron chi connectivity index (χ3n) is 5.84. The second-order valence-electron chi connectivity index (χ2n) is 7.30. The van der Waals surface area contributed by atoms with Crippen LogP contribution in [0.2, 0.25) is 0 Å². The highest BCUT2D eigenvalue weighted by Crippen LogP contribution is 2.42. The van der Waals surface area contributed by atoms with Gasteiger partial charge in [0.05, 0.1) is 37.1 Å². The number of ether oxygens (including phenoxy) is 4. The van der Waals surface area contributed by atoms with Crippen molar-refractivity contribution in [1.82, 2.24) is 0 Å². The first-order valence-electron chi connectivity index (χ1n) is 9.54. The summed E-state index contributed by atoms with van der Waals surface area (Å²) in [4.78, 5) is 13.2. The molecule has 26 heavy (non-hydrogen) atoms. The minimum absolute atomic E-state index is 0.0839. The Kier molecular flexibility index (Phi) is 4.90. The summed E-state index contributed by atoms with van der Waals surface area (Å²) in [6, 6.07) is 5.69. The summed E-state index contributed by atoms with van der Waals surface area (Å²) in [5, 5.41) is 0. The Balaban J connectivity index is 1.60. The Morgan fingerprint density at radius 2 is 1.96 bits per heavy atom. The molecule has 4 atom stereocenters. The topological polar surface area (TPSA) is 54.0 Å². The summed E-state index contributed by atoms with van der Waals surface area (Å²) < 4.78 is 23.0. The van der Waals surface area contributed by atoms with Crippen molar-refractivity contribution in [3.63, 3.8) is 0 Å². The Hall–Kier alpha value is -2.01. The second kappa shape index (κ2) is 7.31. The highest BCUT2D eigenvalue weighted by molar-refractivity contribution is 6.22. The summed E-state index contributed by atoms with van der Waals surface area (Å²) >= 11 is 0. The van der Waals surface area contributed by atoms with Crippen LogP contribution in [0.15, 0.2) is 24.5 Å². The average molecular weight is 358 g/mol. The van der Waals surface area contributed by atoms with E-state index in [1.807, 2.05) is 18.2 Å². The zero-order chi connectivity index (χ0) is 18.1. The maximum Gasteiger partial charge on any atom is 0.173 e. The van der Waals surface area contributed by atoms with Gasteiger partial charge in [0, 0.05) is 20.0 Å². The largest absolute Gasteiger partial charge is 0.496 e. The predicted molar refractivity (Wildman–Crippen MR) is 97.2 cm³/mol. The van der Waals surface area contributed by atoms with Gasteiger partial charge in [0.15, 0.2) is 17.3 Å². The number of fused-ring (bicyclic) bond motifs is 2. The van der Waals surface area contributed by atoms with Gasteiger partial charge in [-0.3, -0.25) is 4.79 Å². The van der Waals surface area contributed by atoms with Crippen molar-refractivity contribution in [2.75, 3.05) is 20.3 Å². The van der Waals surface area contributed by atoms with Crippen LogP contribution in [0, 0.1) is 11.8 Å². The van der Waals surface area contributed by atoms with Crippen LogP contribution in [0.1, 0.15) is 38.2 Å². The van der Waals surface area contributed by atoms with Crippen molar-refractivity contribution in [1.29, 1.82) is 0 Å². The molecule has 0 N–H and O–H groups in total. The molecule has 0 saturated heterocycles. The first-order chi connectivity index (χ1) is 12.7. The summed E-state index contributed by atoms with van der Waals surface area (Å²) in [7, 11) is 1.75. The minimum atomic E-state index is -0.0951. The van der Waals surface area contributed by atoms with Crippen LogP contribution >= 0.6 is 0 Å². The highest BCUT2D eigenvalue weighted by Gasteiger charge is 2.44. The van der Waals surface area contributed by atoms with E-state index in [4.69, 9.17) is 18.9 Å². The van der Waals surface area contributed by atoms with Crippen LogP contribution < -0.4 is 9.47 Å². The number of carbonyl (C=O) groups excluding carboxylic acids is 1. The predicted octanol–water partition coefficient (Wildman–Crippen LogP) is 3.61. The fraction of sp³-hybridized carbons (Fsp3) is 0.571. The quantitative estimate of drug-likeness (QED) is 0.826. The molecule has 3 aliphatic rings. The van der Waals surface area contributed by atoms with Gasteiger partial charge in [-0.15, -0.1) is 0 Å². The molecule has 2 heterocycles. The lowest BCUT2D eigenvalue weighted by Gasteiger charge is -2.41. The Bertz CT molecular complexity index is 710. The van der Waals surface area contributed by atoms with Gasteiger partial charge in [0.25, 0.3) is 0 Å². The molecular formula is C21H26O5. The van der Waals surface area contributed by atoms with Gasteiger partial charge >= 0.3 is 0 Å². The van der Waals surface area contributed by atoms with Gasteiger partial charge in [-0.05, 0) is 30.0 Å². The van der Waals surface area contributed by atoms with E-state index in [0.29, 0.717) is 30.5 Å². The first kappa shape index (κ1) is 17.4. The number of benzene rings is 1. The van der Waals surface area contributed by atoms with Crippen molar-refractivity contribution in [3.05, 3.63) is 30.0 Å². The SMILES string of the molecule is CCC1CC2C(=O)C(c3ccc4c(c3)OCCCO4)=COC2CC1OC. The molecule has 2 aliphatic heterocycles. The number of Topliss-reactive ketones (excluding diaryl/α,β-unsaturated/α-hetero) is 1. The Morgan fingerprint density at radius 1 is 1.15 bits per heavy atom. The molecule has 0 spiro atoms. The maximum absolute atomic E-state index is 13.2. The van der Waals surface area contributed by atoms with Crippen LogP contribution in [0.3, 0.4) is 0 Å². The smallest absolute Gasteiger partial charge is 0.173 e. The van der Waals surface area contributed by atoms with Gasteiger partial charge in [0.1, 0.15) is 6.10 Å². The van der Waals surface area contributed by atoms with Crippen molar-refractivity contribution in [2.24, 2.45) is 11.8 Å². The molecular weight excluding hydrogens is 332 g/mol. The van der Waals surface area contributed by atoms with Crippen LogP contribution in [-0.2, 0) is 14.3 Å². The number of carbonyl (C=O) groups is 1. The zero-order valence-electron chi connectivity index (χ0n) is 15.4. The number of allylic oxidation sites excluding steroid dienone is 1. The van der Waals surface area contributed by atoms with Gasteiger partial charge in [0.2, 0.25) is 0 Å². The summed E-state index contributed by atoms with van der Waals surface area (Å²) in [5.74, 6) is 1.91. The fourth-order valence-corrected chi connectivity index (χ4v) is 4.31. The monoisotopic (exact) mass is 358 g/mol. The van der Waals surface area contributed by atoms with E-state index < -0.39 is 0 Å². The third kappa shape index (κ3) is 3.09. The van der Waals surface area contributed by atoms with E-state index in [0.717, 1.165) is 37.0 Å². The Morgan fingerprint density at radius 3 is 2.73 bits per heavy atom. The number of methoxy groups -OCH3 is 1. The zero-order valence-corrected chi connectivity index (χ0v) is 15.4. The molecule has 4 unspecified atom stereocenters. The first-order valence-corrected chi connectivity index (χ1v) is 9.54. The normalized spacial score (nSPS) is 30.7. The van der Waals surface area contributed by atoms with Crippen LogP contribution in [0.5, 0.6) is 11.5 Å². The fourth-order valence-electron chi connectivity index (χ4n) is 4.31. The van der Waals surface area contributed by atoms with E-state index >= 15 is 0 Å². The molecule has 1 saturated carbocycles. The molecule has 140 valence electrons. The second-order valence-corrected chi connectivity index (χ2v) is 7.30. The van der Waals surface area contributed by atoms with Crippen LogP contribution in [-0.4, -0.2) is 38.3 Å². The summed E-state index contributed by atoms with van der Waals surface area (Å²) in [6.07, 6.45) is 5.18. The van der Waals surface area contributed by atoms with E-state index in [1.54, 1.807) is 13.4 Å². The van der Waals surface area contributed by atoms with Crippen molar-refractivity contribution in [2.45, 2.75) is 44.8 Å². The third-order valence-corrected chi connectivity index (χ3v) is 5.84.